The van der Waals surface area contributed by atoms with E-state index in [1.54, 1.807) is 0 Å². The van der Waals surface area contributed by atoms with Gasteiger partial charge in [0.05, 0.1) is 7.11 Å². The molecule has 1 fully saturated rings. The van der Waals surface area contributed by atoms with Gasteiger partial charge in [-0.05, 0) is 12.8 Å². The summed E-state index contributed by atoms with van der Waals surface area (Å²) in [6.45, 7) is 0. The Balaban J connectivity index is 2.58. The number of rotatable bonds is 2. The molecular weight excluding hydrogens is 333 g/mol. The molecule has 1 aliphatic carbocycles. The van der Waals surface area contributed by atoms with Crippen LogP contribution in [0, 0.1) is 0 Å². The molecule has 1 N–H and O–H groups in total. The number of hydrogen-bond donors (Lipinski definition) is 1. The SMILES string of the molecule is COS(=O)(=O)C(=O)N[C@H]1CCCC[C@@H]1I. The van der Waals surface area contributed by atoms with E-state index in [-0.39, 0.29) is 6.04 Å². The third kappa shape index (κ3) is 3.56. The predicted molar refractivity (Wildman–Crippen MR) is 64.5 cm³/mol. The van der Waals surface area contributed by atoms with Crippen LogP contribution in [0.3, 0.4) is 0 Å². The third-order valence-electron chi connectivity index (χ3n) is 2.43. The minimum absolute atomic E-state index is 0.0585. The molecule has 0 spiro atoms. The van der Waals surface area contributed by atoms with Crippen LogP contribution >= 0.6 is 22.6 Å². The van der Waals surface area contributed by atoms with E-state index < -0.39 is 15.4 Å². The summed E-state index contributed by atoms with van der Waals surface area (Å²) in [5.74, 6) is 0. The molecule has 1 rings (SSSR count). The third-order valence-corrected chi connectivity index (χ3v) is 4.93. The van der Waals surface area contributed by atoms with Crippen molar-refractivity contribution in [2.24, 2.45) is 0 Å². The predicted octanol–water partition coefficient (Wildman–Crippen LogP) is 1.42. The molecule has 7 heteroatoms. The molecule has 0 bridgehead atoms. The van der Waals surface area contributed by atoms with E-state index in [1.165, 1.54) is 0 Å². The van der Waals surface area contributed by atoms with Crippen molar-refractivity contribution in [1.29, 1.82) is 0 Å². The van der Waals surface area contributed by atoms with Gasteiger partial charge in [-0.25, -0.2) is 0 Å². The number of carbonyl (C=O) groups is 1. The first kappa shape index (κ1) is 13.2. The lowest BCUT2D eigenvalue weighted by atomic mass is 9.96. The number of carbonyl (C=O) groups excluding carboxylic acids is 1. The van der Waals surface area contributed by atoms with Gasteiger partial charge in [-0.2, -0.15) is 8.42 Å². The van der Waals surface area contributed by atoms with Crippen molar-refractivity contribution < 1.29 is 17.4 Å². The molecular formula is C8H14INO4S. The smallest absolute Gasteiger partial charge is 0.337 e. The Hall–Kier alpha value is 0.110. The summed E-state index contributed by atoms with van der Waals surface area (Å²) < 4.78 is 26.5. The number of hydrogen-bond acceptors (Lipinski definition) is 4. The lowest BCUT2D eigenvalue weighted by molar-refractivity contribution is 0.247. The number of nitrogens with one attached hydrogen (secondary N) is 1. The molecule has 0 heterocycles. The van der Waals surface area contributed by atoms with Crippen molar-refractivity contribution >= 4 is 37.9 Å². The Morgan fingerprint density at radius 2 is 2.00 bits per heavy atom. The molecule has 1 saturated carbocycles. The highest BCUT2D eigenvalue weighted by atomic mass is 127. The maximum Gasteiger partial charge on any atom is 0.364 e. The molecule has 0 aromatic rings. The second kappa shape index (κ2) is 5.44. The molecule has 1 amide bonds. The van der Waals surface area contributed by atoms with Gasteiger partial charge in [0.1, 0.15) is 0 Å². The van der Waals surface area contributed by atoms with Crippen LogP contribution in [0.15, 0.2) is 0 Å². The van der Waals surface area contributed by atoms with Gasteiger partial charge in [-0.3, -0.25) is 8.98 Å². The summed E-state index contributed by atoms with van der Waals surface area (Å²) in [4.78, 5) is 11.3. The first-order valence-corrected chi connectivity index (χ1v) is 7.38. The monoisotopic (exact) mass is 347 g/mol. The van der Waals surface area contributed by atoms with E-state index in [4.69, 9.17) is 0 Å². The highest BCUT2D eigenvalue weighted by molar-refractivity contribution is 14.1. The second-order valence-corrected chi connectivity index (χ2v) is 6.67. The second-order valence-electron chi connectivity index (χ2n) is 3.46. The van der Waals surface area contributed by atoms with Gasteiger partial charge in [0.15, 0.2) is 0 Å². The fourth-order valence-corrected chi connectivity index (χ4v) is 2.97. The zero-order valence-corrected chi connectivity index (χ0v) is 11.4. The van der Waals surface area contributed by atoms with Crippen molar-refractivity contribution in [2.45, 2.75) is 35.6 Å². The first-order chi connectivity index (χ1) is 6.97. The average Bonchev–Trinajstić information content (AvgIpc) is 2.21. The van der Waals surface area contributed by atoms with Crippen molar-refractivity contribution in [3.63, 3.8) is 0 Å². The fraction of sp³-hybridized carbons (Fsp3) is 0.875. The van der Waals surface area contributed by atoms with Gasteiger partial charge < -0.3 is 5.32 Å². The molecule has 88 valence electrons. The van der Waals surface area contributed by atoms with E-state index >= 15 is 0 Å². The highest BCUT2D eigenvalue weighted by Gasteiger charge is 2.29. The number of alkyl halides is 1. The van der Waals surface area contributed by atoms with Crippen LogP contribution < -0.4 is 5.32 Å². The Morgan fingerprint density at radius 1 is 1.40 bits per heavy atom. The summed E-state index contributed by atoms with van der Waals surface area (Å²) in [5.41, 5.74) is 0. The lowest BCUT2D eigenvalue weighted by Gasteiger charge is -2.27. The first-order valence-electron chi connectivity index (χ1n) is 4.72. The van der Waals surface area contributed by atoms with Gasteiger partial charge in [-0.1, -0.05) is 35.4 Å². The van der Waals surface area contributed by atoms with Crippen LogP contribution in [-0.2, 0) is 14.3 Å². The largest absolute Gasteiger partial charge is 0.364 e. The molecule has 0 aliphatic heterocycles. The maximum atomic E-state index is 11.3. The minimum atomic E-state index is -4.07. The minimum Gasteiger partial charge on any atom is -0.337 e. The van der Waals surface area contributed by atoms with Crippen LogP contribution in [0.5, 0.6) is 0 Å². The zero-order valence-electron chi connectivity index (χ0n) is 8.40. The molecule has 0 aromatic carbocycles. The van der Waals surface area contributed by atoms with Gasteiger partial charge in [0.25, 0.3) is 0 Å². The van der Waals surface area contributed by atoms with Crippen molar-refractivity contribution in [2.75, 3.05) is 7.11 Å². The Labute approximate surface area is 103 Å². The van der Waals surface area contributed by atoms with Gasteiger partial charge in [0.2, 0.25) is 0 Å². The van der Waals surface area contributed by atoms with Gasteiger partial charge >= 0.3 is 15.4 Å². The Bertz CT molecular complexity index is 330. The molecule has 0 saturated heterocycles. The molecule has 0 aromatic heterocycles. The number of amides is 1. The maximum absolute atomic E-state index is 11.3. The molecule has 1 aliphatic rings. The summed E-state index contributed by atoms with van der Waals surface area (Å²) in [5, 5.41) is 1.47. The standard InChI is InChI=1S/C8H14INO4S/c1-14-15(12,13)8(11)10-7-5-3-2-4-6(7)9/h6-7H,2-5H2,1H3,(H,10,11)/t6-,7-/m0/s1. The topological polar surface area (TPSA) is 72.5 Å². The van der Waals surface area contributed by atoms with Crippen molar-refractivity contribution in [3.8, 4) is 0 Å². The van der Waals surface area contributed by atoms with Gasteiger partial charge in [-0.15, -0.1) is 0 Å². The van der Waals surface area contributed by atoms with Crippen LogP contribution in [0.25, 0.3) is 0 Å². The van der Waals surface area contributed by atoms with E-state index in [2.05, 4.69) is 32.1 Å². The molecule has 0 unspecified atom stereocenters. The summed E-state index contributed by atoms with van der Waals surface area (Å²) in [6.07, 6.45) is 4.01. The quantitative estimate of drug-likeness (QED) is 0.466. The Kier molecular flexibility index (Phi) is 4.78. The van der Waals surface area contributed by atoms with Crippen LogP contribution in [-0.4, -0.2) is 30.7 Å². The van der Waals surface area contributed by atoms with E-state index in [9.17, 15) is 13.2 Å². The van der Waals surface area contributed by atoms with Crippen molar-refractivity contribution in [3.05, 3.63) is 0 Å². The van der Waals surface area contributed by atoms with E-state index in [0.717, 1.165) is 32.8 Å². The van der Waals surface area contributed by atoms with Gasteiger partial charge in [0, 0.05) is 9.97 Å². The van der Waals surface area contributed by atoms with E-state index in [0.29, 0.717) is 3.92 Å². The van der Waals surface area contributed by atoms with Crippen LogP contribution in [0.2, 0.25) is 0 Å². The van der Waals surface area contributed by atoms with Crippen molar-refractivity contribution in [1.82, 2.24) is 5.32 Å². The molecule has 0 radical (unpaired) electrons. The summed E-state index contributed by atoms with van der Waals surface area (Å²) in [7, 11) is -3.09. The summed E-state index contributed by atoms with van der Waals surface area (Å²) >= 11 is 2.24. The average molecular weight is 347 g/mol. The fourth-order valence-electron chi connectivity index (χ4n) is 1.55. The Morgan fingerprint density at radius 3 is 2.53 bits per heavy atom. The molecule has 2 atom stereocenters. The highest BCUT2D eigenvalue weighted by Crippen LogP contribution is 2.25. The van der Waals surface area contributed by atoms with E-state index in [1.807, 2.05) is 0 Å². The zero-order chi connectivity index (χ0) is 11.5. The number of halogens is 1. The van der Waals surface area contributed by atoms with Crippen LogP contribution in [0.4, 0.5) is 4.79 Å². The molecule has 15 heavy (non-hydrogen) atoms. The van der Waals surface area contributed by atoms with Crippen LogP contribution in [0.1, 0.15) is 25.7 Å². The lowest BCUT2D eigenvalue weighted by Crippen LogP contribution is -2.44. The molecule has 5 nitrogen and oxygen atoms in total. The normalized spacial score (nSPS) is 27.3. The summed E-state index contributed by atoms with van der Waals surface area (Å²) in [6, 6.07) is -0.0585.